The summed E-state index contributed by atoms with van der Waals surface area (Å²) in [6, 6.07) is 7.67. The molecule has 1 heterocycles. The Kier molecular flexibility index (Phi) is 8.47. The first-order chi connectivity index (χ1) is 11.1. The molecule has 1 amide bonds. The van der Waals surface area contributed by atoms with Crippen LogP contribution >= 0.6 is 24.0 Å². The first kappa shape index (κ1) is 20.7. The summed E-state index contributed by atoms with van der Waals surface area (Å²) in [4.78, 5) is 15.9. The third-order valence-electron chi connectivity index (χ3n) is 3.93. The SMILES string of the molecule is CN=C(NCCc1cccc(C(=O)NC)c1)NCC1(C)COC1.I. The van der Waals surface area contributed by atoms with Crippen molar-refractivity contribution in [3.8, 4) is 0 Å². The first-order valence-corrected chi connectivity index (χ1v) is 7.89. The molecule has 1 fully saturated rings. The van der Waals surface area contributed by atoms with Gasteiger partial charge >= 0.3 is 0 Å². The van der Waals surface area contributed by atoms with Gasteiger partial charge in [0.1, 0.15) is 0 Å². The predicted octanol–water partition coefficient (Wildman–Crippen LogP) is 1.41. The smallest absolute Gasteiger partial charge is 0.251 e. The summed E-state index contributed by atoms with van der Waals surface area (Å²) in [6.45, 7) is 5.39. The van der Waals surface area contributed by atoms with Crippen molar-refractivity contribution in [1.82, 2.24) is 16.0 Å². The van der Waals surface area contributed by atoms with E-state index in [1.165, 1.54) is 0 Å². The van der Waals surface area contributed by atoms with Gasteiger partial charge in [0, 0.05) is 38.2 Å². The van der Waals surface area contributed by atoms with Crippen LogP contribution in [0.2, 0.25) is 0 Å². The number of ether oxygens (including phenoxy) is 1. The molecule has 0 radical (unpaired) electrons. The van der Waals surface area contributed by atoms with Gasteiger partial charge in [-0.15, -0.1) is 24.0 Å². The van der Waals surface area contributed by atoms with Crippen molar-refractivity contribution in [2.75, 3.05) is 40.4 Å². The van der Waals surface area contributed by atoms with Crippen LogP contribution in [0, 0.1) is 5.41 Å². The second-order valence-electron chi connectivity index (χ2n) is 6.19. The lowest BCUT2D eigenvalue weighted by atomic mass is 9.89. The van der Waals surface area contributed by atoms with Crippen molar-refractivity contribution < 1.29 is 9.53 Å². The van der Waals surface area contributed by atoms with Gasteiger partial charge < -0.3 is 20.7 Å². The lowest BCUT2D eigenvalue weighted by molar-refractivity contribution is -0.0971. The van der Waals surface area contributed by atoms with E-state index in [1.807, 2.05) is 24.3 Å². The first-order valence-electron chi connectivity index (χ1n) is 7.89. The minimum absolute atomic E-state index is 0. The zero-order valence-electron chi connectivity index (χ0n) is 14.5. The maximum Gasteiger partial charge on any atom is 0.251 e. The highest BCUT2D eigenvalue weighted by atomic mass is 127. The summed E-state index contributed by atoms with van der Waals surface area (Å²) in [5.41, 5.74) is 2.01. The van der Waals surface area contributed by atoms with Crippen molar-refractivity contribution in [3.63, 3.8) is 0 Å². The normalized spacial score (nSPS) is 15.7. The minimum atomic E-state index is -0.0618. The maximum absolute atomic E-state index is 11.6. The number of amides is 1. The number of benzene rings is 1. The van der Waals surface area contributed by atoms with Gasteiger partial charge in [-0.25, -0.2) is 0 Å². The van der Waals surface area contributed by atoms with Gasteiger partial charge in [0.25, 0.3) is 5.91 Å². The van der Waals surface area contributed by atoms with Crippen molar-refractivity contribution in [1.29, 1.82) is 0 Å². The van der Waals surface area contributed by atoms with Crippen LogP contribution in [0.25, 0.3) is 0 Å². The number of guanidine groups is 1. The molecule has 1 saturated heterocycles. The molecule has 1 aliphatic heterocycles. The van der Waals surface area contributed by atoms with E-state index >= 15 is 0 Å². The molecule has 0 saturated carbocycles. The topological polar surface area (TPSA) is 74.8 Å². The molecule has 0 aliphatic carbocycles. The number of halogens is 1. The molecule has 134 valence electrons. The Hall–Kier alpha value is -1.35. The zero-order chi connectivity index (χ0) is 16.7. The Bertz CT molecular complexity index is 573. The highest BCUT2D eigenvalue weighted by Crippen LogP contribution is 2.24. The average Bonchev–Trinajstić information content (AvgIpc) is 2.55. The fourth-order valence-corrected chi connectivity index (χ4v) is 2.41. The fraction of sp³-hybridized carbons (Fsp3) is 0.529. The summed E-state index contributed by atoms with van der Waals surface area (Å²) in [6.07, 6.45) is 0.825. The van der Waals surface area contributed by atoms with E-state index in [2.05, 4.69) is 27.9 Å². The second-order valence-corrected chi connectivity index (χ2v) is 6.19. The van der Waals surface area contributed by atoms with Crippen molar-refractivity contribution in [3.05, 3.63) is 35.4 Å². The molecule has 1 aliphatic rings. The largest absolute Gasteiger partial charge is 0.380 e. The van der Waals surface area contributed by atoms with Crippen LogP contribution < -0.4 is 16.0 Å². The van der Waals surface area contributed by atoms with Gasteiger partial charge in [-0.3, -0.25) is 9.79 Å². The molecule has 0 bridgehead atoms. The highest BCUT2D eigenvalue weighted by molar-refractivity contribution is 14.0. The summed E-state index contributed by atoms with van der Waals surface area (Å²) < 4.78 is 5.25. The lowest BCUT2D eigenvalue weighted by Gasteiger charge is -2.38. The number of rotatable bonds is 6. The molecule has 0 atom stereocenters. The average molecular weight is 446 g/mol. The van der Waals surface area contributed by atoms with E-state index in [-0.39, 0.29) is 35.3 Å². The van der Waals surface area contributed by atoms with Gasteiger partial charge in [-0.05, 0) is 24.1 Å². The molecule has 2 rings (SSSR count). The number of nitrogens with zero attached hydrogens (tertiary/aromatic N) is 1. The fourth-order valence-electron chi connectivity index (χ4n) is 2.41. The second kappa shape index (κ2) is 9.83. The number of carbonyl (C=O) groups is 1. The Balaban J connectivity index is 0.00000288. The van der Waals surface area contributed by atoms with Crippen LogP contribution in [0.1, 0.15) is 22.8 Å². The number of nitrogens with one attached hydrogen (secondary N) is 3. The molecule has 6 nitrogen and oxygen atoms in total. The summed E-state index contributed by atoms with van der Waals surface area (Å²) >= 11 is 0. The number of hydrogen-bond acceptors (Lipinski definition) is 3. The molecule has 1 aromatic rings. The van der Waals surface area contributed by atoms with Crippen LogP contribution in [-0.2, 0) is 11.2 Å². The van der Waals surface area contributed by atoms with E-state index < -0.39 is 0 Å². The number of carbonyl (C=O) groups excluding carboxylic acids is 1. The van der Waals surface area contributed by atoms with Crippen LogP contribution in [-0.4, -0.2) is 52.3 Å². The van der Waals surface area contributed by atoms with Crippen molar-refractivity contribution in [2.24, 2.45) is 10.4 Å². The van der Waals surface area contributed by atoms with E-state index in [0.29, 0.717) is 5.56 Å². The highest BCUT2D eigenvalue weighted by Gasteiger charge is 2.33. The van der Waals surface area contributed by atoms with Gasteiger partial charge in [0.15, 0.2) is 5.96 Å². The third-order valence-corrected chi connectivity index (χ3v) is 3.93. The molecular formula is C17H27IN4O2. The van der Waals surface area contributed by atoms with E-state index in [4.69, 9.17) is 4.74 Å². The molecule has 3 N–H and O–H groups in total. The van der Waals surface area contributed by atoms with Crippen LogP contribution in [0.4, 0.5) is 0 Å². The van der Waals surface area contributed by atoms with E-state index in [9.17, 15) is 4.79 Å². The van der Waals surface area contributed by atoms with Gasteiger partial charge in [-0.1, -0.05) is 19.1 Å². The zero-order valence-corrected chi connectivity index (χ0v) is 16.8. The molecule has 0 unspecified atom stereocenters. The minimum Gasteiger partial charge on any atom is -0.380 e. The predicted molar refractivity (Wildman–Crippen MR) is 107 cm³/mol. The molecular weight excluding hydrogens is 419 g/mol. The molecule has 7 heteroatoms. The number of hydrogen-bond donors (Lipinski definition) is 3. The Labute approximate surface area is 160 Å². The summed E-state index contributed by atoms with van der Waals surface area (Å²) in [7, 11) is 3.40. The Morgan fingerprint density at radius 3 is 2.67 bits per heavy atom. The van der Waals surface area contributed by atoms with Crippen LogP contribution in [0.3, 0.4) is 0 Å². The van der Waals surface area contributed by atoms with E-state index in [1.54, 1.807) is 14.1 Å². The lowest BCUT2D eigenvalue weighted by Crippen LogP contribution is -2.51. The van der Waals surface area contributed by atoms with Gasteiger partial charge in [0.2, 0.25) is 0 Å². The van der Waals surface area contributed by atoms with Crippen molar-refractivity contribution in [2.45, 2.75) is 13.3 Å². The van der Waals surface area contributed by atoms with E-state index in [0.717, 1.165) is 44.2 Å². The number of aliphatic imine (C=N–C) groups is 1. The maximum atomic E-state index is 11.6. The summed E-state index contributed by atoms with van der Waals surface area (Å²) in [5.74, 6) is 0.730. The van der Waals surface area contributed by atoms with Crippen LogP contribution in [0.15, 0.2) is 29.3 Å². The quantitative estimate of drug-likeness (QED) is 0.351. The Morgan fingerprint density at radius 2 is 2.08 bits per heavy atom. The molecule has 0 spiro atoms. The molecule has 1 aromatic carbocycles. The third kappa shape index (κ3) is 5.94. The Morgan fingerprint density at radius 1 is 1.33 bits per heavy atom. The standard InChI is InChI=1S/C17H26N4O2.HI/c1-17(11-23-12-17)10-21-16(19-3)20-8-7-13-5-4-6-14(9-13)15(22)18-2;/h4-6,9H,7-8,10-12H2,1-3H3,(H,18,22)(H2,19,20,21);1H. The molecule has 0 aromatic heterocycles. The van der Waals surface area contributed by atoms with Gasteiger partial charge in [0.05, 0.1) is 13.2 Å². The van der Waals surface area contributed by atoms with Crippen LogP contribution in [0.5, 0.6) is 0 Å². The summed E-state index contributed by atoms with van der Waals surface area (Å²) in [5, 5.41) is 9.27. The van der Waals surface area contributed by atoms with Crippen molar-refractivity contribution >= 4 is 35.8 Å². The monoisotopic (exact) mass is 446 g/mol. The van der Waals surface area contributed by atoms with Gasteiger partial charge in [-0.2, -0.15) is 0 Å². The molecule has 24 heavy (non-hydrogen) atoms.